The Morgan fingerprint density at radius 1 is 1.29 bits per heavy atom. The van der Waals surface area contributed by atoms with Crippen molar-refractivity contribution in [3.05, 3.63) is 34.4 Å². The largest absolute Gasteiger partial charge is 0.497 e. The topological polar surface area (TPSA) is 37.9 Å². The van der Waals surface area contributed by atoms with Crippen LogP contribution < -0.4 is 4.74 Å². The van der Waals surface area contributed by atoms with E-state index in [0.29, 0.717) is 5.92 Å². The summed E-state index contributed by atoms with van der Waals surface area (Å²) < 4.78 is 6.25. The first kappa shape index (κ1) is 10.8. The fourth-order valence-corrected chi connectivity index (χ4v) is 2.65. The third-order valence-corrected chi connectivity index (χ3v) is 3.88. The Morgan fingerprint density at radius 2 is 2.00 bits per heavy atom. The third kappa shape index (κ3) is 1.97. The molecule has 2 aromatic rings. The smallest absolute Gasteiger partial charge is 0.118 e. The van der Waals surface area contributed by atoms with E-state index in [0.717, 1.165) is 21.5 Å². The van der Waals surface area contributed by atoms with E-state index in [1.807, 2.05) is 24.3 Å². The monoisotopic (exact) mass is 292 g/mol. The van der Waals surface area contributed by atoms with Crippen molar-refractivity contribution in [1.29, 1.82) is 0 Å². The Hall–Kier alpha value is -1.29. The molecule has 1 saturated carbocycles. The van der Waals surface area contributed by atoms with Crippen LogP contribution in [-0.2, 0) is 0 Å². The highest BCUT2D eigenvalue weighted by Gasteiger charge is 2.29. The molecule has 4 heteroatoms. The van der Waals surface area contributed by atoms with Gasteiger partial charge in [-0.1, -0.05) is 0 Å². The maximum Gasteiger partial charge on any atom is 0.118 e. The van der Waals surface area contributed by atoms with E-state index < -0.39 is 0 Å². The zero-order valence-corrected chi connectivity index (χ0v) is 11.1. The van der Waals surface area contributed by atoms with Crippen LogP contribution in [0.5, 0.6) is 5.75 Å². The average molecular weight is 293 g/mol. The van der Waals surface area contributed by atoms with Crippen LogP contribution in [0, 0.1) is 0 Å². The number of rotatable bonds is 3. The number of benzene rings is 1. The zero-order valence-electron chi connectivity index (χ0n) is 9.53. The molecule has 0 amide bonds. The highest BCUT2D eigenvalue weighted by molar-refractivity contribution is 9.10. The predicted octanol–water partition coefficient (Wildman–Crippen LogP) is 3.73. The number of methoxy groups -OCH3 is 1. The summed E-state index contributed by atoms with van der Waals surface area (Å²) in [6.07, 6.45) is 2.53. The Bertz CT molecular complexity index is 529. The van der Waals surface area contributed by atoms with Gasteiger partial charge in [-0.25, -0.2) is 0 Å². The van der Waals surface area contributed by atoms with Gasteiger partial charge in [0, 0.05) is 11.5 Å². The number of hydrogen-bond donors (Lipinski definition) is 1. The van der Waals surface area contributed by atoms with Crippen molar-refractivity contribution in [2.75, 3.05) is 7.11 Å². The molecule has 1 aromatic heterocycles. The van der Waals surface area contributed by atoms with Gasteiger partial charge in [-0.05, 0) is 53.0 Å². The molecule has 0 radical (unpaired) electrons. The second-order valence-electron chi connectivity index (χ2n) is 4.30. The third-order valence-electron chi connectivity index (χ3n) is 3.08. The lowest BCUT2D eigenvalue weighted by molar-refractivity contribution is 0.415. The fraction of sp³-hybridized carbons (Fsp3) is 0.308. The summed E-state index contributed by atoms with van der Waals surface area (Å²) in [4.78, 5) is 0. The van der Waals surface area contributed by atoms with Gasteiger partial charge in [-0.3, -0.25) is 5.10 Å². The first-order valence-electron chi connectivity index (χ1n) is 5.68. The summed E-state index contributed by atoms with van der Waals surface area (Å²) in [5.74, 6) is 1.53. The lowest BCUT2D eigenvalue weighted by Crippen LogP contribution is -1.83. The number of hydrogen-bond acceptors (Lipinski definition) is 2. The molecule has 1 aromatic carbocycles. The summed E-state index contributed by atoms with van der Waals surface area (Å²) in [7, 11) is 1.67. The van der Waals surface area contributed by atoms with E-state index in [1.54, 1.807) is 7.11 Å². The van der Waals surface area contributed by atoms with Gasteiger partial charge in [-0.2, -0.15) is 5.10 Å². The van der Waals surface area contributed by atoms with Crippen molar-refractivity contribution >= 4 is 15.9 Å². The Balaban J connectivity index is 1.96. The van der Waals surface area contributed by atoms with Gasteiger partial charge in [0.05, 0.1) is 17.3 Å². The Morgan fingerprint density at radius 3 is 2.59 bits per heavy atom. The van der Waals surface area contributed by atoms with E-state index in [-0.39, 0.29) is 0 Å². The average Bonchev–Trinajstić information content (AvgIpc) is 3.13. The summed E-state index contributed by atoms with van der Waals surface area (Å²) >= 11 is 3.64. The number of halogens is 1. The molecule has 3 nitrogen and oxygen atoms in total. The summed E-state index contributed by atoms with van der Waals surface area (Å²) in [5.41, 5.74) is 3.31. The van der Waals surface area contributed by atoms with E-state index in [9.17, 15) is 0 Å². The minimum Gasteiger partial charge on any atom is -0.497 e. The van der Waals surface area contributed by atoms with Crippen LogP contribution in [0.3, 0.4) is 0 Å². The maximum absolute atomic E-state index is 5.15. The number of aromatic nitrogens is 2. The number of nitrogens with zero attached hydrogens (tertiary/aromatic N) is 1. The second kappa shape index (κ2) is 4.18. The van der Waals surface area contributed by atoms with E-state index >= 15 is 0 Å². The Labute approximate surface area is 108 Å². The number of ether oxygens (including phenoxy) is 1. The quantitative estimate of drug-likeness (QED) is 0.936. The van der Waals surface area contributed by atoms with Gasteiger partial charge < -0.3 is 4.74 Å². The van der Waals surface area contributed by atoms with Crippen LogP contribution >= 0.6 is 15.9 Å². The standard InChI is InChI=1S/C13H13BrN2O/c1-17-10-6-4-9(5-7-10)13-11(14)12(15-16-13)8-2-3-8/h4-8H,2-3H2,1H3,(H,15,16). The molecule has 88 valence electrons. The molecule has 3 rings (SSSR count). The van der Waals surface area contributed by atoms with Crippen LogP contribution in [0.25, 0.3) is 11.3 Å². The highest BCUT2D eigenvalue weighted by Crippen LogP contribution is 2.44. The molecule has 1 heterocycles. The van der Waals surface area contributed by atoms with E-state index in [4.69, 9.17) is 4.74 Å². The van der Waals surface area contributed by atoms with Crippen molar-refractivity contribution in [3.63, 3.8) is 0 Å². The van der Waals surface area contributed by atoms with Crippen molar-refractivity contribution in [2.45, 2.75) is 18.8 Å². The lowest BCUT2D eigenvalue weighted by atomic mass is 10.1. The molecule has 1 aliphatic carbocycles. The molecule has 0 atom stereocenters. The van der Waals surface area contributed by atoms with Crippen LogP contribution in [0.1, 0.15) is 24.5 Å². The maximum atomic E-state index is 5.15. The van der Waals surface area contributed by atoms with Crippen LogP contribution in [0.4, 0.5) is 0 Å². The molecule has 1 N–H and O–H groups in total. The minimum absolute atomic E-state index is 0.670. The van der Waals surface area contributed by atoms with Crippen molar-refractivity contribution in [2.24, 2.45) is 0 Å². The molecule has 0 spiro atoms. The molecule has 0 unspecified atom stereocenters. The number of nitrogens with one attached hydrogen (secondary N) is 1. The minimum atomic E-state index is 0.670. The van der Waals surface area contributed by atoms with E-state index in [2.05, 4.69) is 26.1 Å². The van der Waals surface area contributed by atoms with E-state index in [1.165, 1.54) is 18.5 Å². The highest BCUT2D eigenvalue weighted by atomic mass is 79.9. The summed E-state index contributed by atoms with van der Waals surface area (Å²) in [6, 6.07) is 7.95. The molecule has 1 aliphatic rings. The van der Waals surface area contributed by atoms with Crippen LogP contribution in [0.15, 0.2) is 28.7 Å². The lowest BCUT2D eigenvalue weighted by Gasteiger charge is -2.01. The van der Waals surface area contributed by atoms with Gasteiger partial charge in [0.15, 0.2) is 0 Å². The molecule has 1 fully saturated rings. The first-order chi connectivity index (χ1) is 8.29. The fourth-order valence-electron chi connectivity index (χ4n) is 1.92. The molecule has 0 bridgehead atoms. The van der Waals surface area contributed by atoms with Crippen molar-refractivity contribution in [3.8, 4) is 17.0 Å². The molecule has 0 aliphatic heterocycles. The second-order valence-corrected chi connectivity index (χ2v) is 5.10. The van der Waals surface area contributed by atoms with Crippen LogP contribution in [-0.4, -0.2) is 17.3 Å². The number of aromatic amines is 1. The predicted molar refractivity (Wildman–Crippen MR) is 70.3 cm³/mol. The number of H-pyrrole nitrogens is 1. The molecular formula is C13H13BrN2O. The van der Waals surface area contributed by atoms with Crippen molar-refractivity contribution < 1.29 is 4.74 Å². The first-order valence-corrected chi connectivity index (χ1v) is 6.47. The summed E-state index contributed by atoms with van der Waals surface area (Å²) in [5, 5.41) is 7.52. The van der Waals surface area contributed by atoms with Crippen LogP contribution in [0.2, 0.25) is 0 Å². The normalized spacial score (nSPS) is 14.9. The van der Waals surface area contributed by atoms with Gasteiger partial charge in [0.25, 0.3) is 0 Å². The molecular weight excluding hydrogens is 280 g/mol. The molecule has 0 saturated heterocycles. The zero-order chi connectivity index (χ0) is 11.8. The van der Waals surface area contributed by atoms with Gasteiger partial charge in [-0.15, -0.1) is 0 Å². The van der Waals surface area contributed by atoms with Gasteiger partial charge >= 0.3 is 0 Å². The summed E-state index contributed by atoms with van der Waals surface area (Å²) in [6.45, 7) is 0. The molecule has 17 heavy (non-hydrogen) atoms. The Kier molecular flexibility index (Phi) is 2.67. The SMILES string of the molecule is COc1ccc(-c2n[nH]c(C3CC3)c2Br)cc1. The van der Waals surface area contributed by atoms with Gasteiger partial charge in [0.2, 0.25) is 0 Å². The van der Waals surface area contributed by atoms with Crippen molar-refractivity contribution in [1.82, 2.24) is 10.2 Å². The van der Waals surface area contributed by atoms with Gasteiger partial charge in [0.1, 0.15) is 11.4 Å².